The zero-order valence-electron chi connectivity index (χ0n) is 11.0. The van der Waals surface area contributed by atoms with Gasteiger partial charge in [-0.15, -0.1) is 0 Å². The topological polar surface area (TPSA) is 84.7 Å². The Bertz CT molecular complexity index is 446. The van der Waals surface area contributed by atoms with Crippen molar-refractivity contribution in [1.82, 2.24) is 15.2 Å². The van der Waals surface area contributed by atoms with Gasteiger partial charge in [-0.25, -0.2) is 4.98 Å². The Labute approximate surface area is 110 Å². The Kier molecular flexibility index (Phi) is 4.16. The monoisotopic (exact) mass is 267 g/mol. The quantitative estimate of drug-likeness (QED) is 0.813. The smallest absolute Gasteiger partial charge is 0.291 e. The molecular formula is C12H17N3O4. The van der Waals surface area contributed by atoms with Crippen molar-refractivity contribution in [3.8, 4) is 0 Å². The number of hydrogen-bond donors (Lipinski definition) is 1. The maximum Gasteiger partial charge on any atom is 0.291 e. The van der Waals surface area contributed by atoms with Crippen LogP contribution in [0.25, 0.3) is 0 Å². The lowest BCUT2D eigenvalue weighted by molar-refractivity contribution is -0.125. The van der Waals surface area contributed by atoms with E-state index in [0.29, 0.717) is 19.7 Å². The number of rotatable bonds is 4. The van der Waals surface area contributed by atoms with Crippen LogP contribution in [0.5, 0.6) is 0 Å². The van der Waals surface area contributed by atoms with Crippen LogP contribution in [-0.4, -0.2) is 55.6 Å². The SMILES string of the molecule is CNC(=O)[C@@H]1CN(C(=O)c2cnco2)C[C@H]1COC. The van der Waals surface area contributed by atoms with Crippen molar-refractivity contribution in [3.63, 3.8) is 0 Å². The number of methoxy groups -OCH3 is 1. The van der Waals surface area contributed by atoms with Crippen LogP contribution in [0.2, 0.25) is 0 Å². The number of hydrogen-bond acceptors (Lipinski definition) is 5. The predicted molar refractivity (Wildman–Crippen MR) is 65.3 cm³/mol. The lowest BCUT2D eigenvalue weighted by Gasteiger charge is -2.14. The van der Waals surface area contributed by atoms with E-state index in [0.717, 1.165) is 0 Å². The summed E-state index contributed by atoms with van der Waals surface area (Å²) < 4.78 is 10.1. The molecule has 0 saturated carbocycles. The maximum atomic E-state index is 12.1. The highest BCUT2D eigenvalue weighted by Crippen LogP contribution is 2.25. The van der Waals surface area contributed by atoms with E-state index in [1.54, 1.807) is 19.1 Å². The molecule has 1 aromatic rings. The summed E-state index contributed by atoms with van der Waals surface area (Å²) >= 11 is 0. The highest BCUT2D eigenvalue weighted by Gasteiger charge is 2.39. The van der Waals surface area contributed by atoms with E-state index < -0.39 is 0 Å². The van der Waals surface area contributed by atoms with Crippen LogP contribution in [0.4, 0.5) is 0 Å². The van der Waals surface area contributed by atoms with E-state index in [1.165, 1.54) is 12.6 Å². The number of carbonyl (C=O) groups excluding carboxylic acids is 2. The average Bonchev–Trinajstić information content (AvgIpc) is 3.07. The zero-order chi connectivity index (χ0) is 13.8. The summed E-state index contributed by atoms with van der Waals surface area (Å²) in [4.78, 5) is 29.3. The molecule has 0 bridgehead atoms. The fourth-order valence-electron chi connectivity index (χ4n) is 2.38. The first-order chi connectivity index (χ1) is 9.17. The minimum absolute atomic E-state index is 0.00294. The molecule has 1 N–H and O–H groups in total. The van der Waals surface area contributed by atoms with Crippen molar-refractivity contribution in [2.75, 3.05) is 33.9 Å². The summed E-state index contributed by atoms with van der Waals surface area (Å²) in [5, 5.41) is 2.62. The third-order valence-electron chi connectivity index (χ3n) is 3.34. The second kappa shape index (κ2) is 5.83. The summed E-state index contributed by atoms with van der Waals surface area (Å²) in [5.74, 6) is -0.387. The summed E-state index contributed by atoms with van der Waals surface area (Å²) in [6.07, 6.45) is 2.59. The van der Waals surface area contributed by atoms with Crippen LogP contribution in [-0.2, 0) is 9.53 Å². The minimum atomic E-state index is -0.253. The molecule has 0 radical (unpaired) electrons. The molecule has 2 atom stereocenters. The van der Waals surface area contributed by atoms with E-state index in [9.17, 15) is 9.59 Å². The first-order valence-electron chi connectivity index (χ1n) is 6.05. The van der Waals surface area contributed by atoms with Crippen molar-refractivity contribution in [2.24, 2.45) is 11.8 Å². The third kappa shape index (κ3) is 2.76. The molecule has 1 aliphatic heterocycles. The maximum absolute atomic E-state index is 12.1. The molecule has 2 rings (SSSR count). The Morgan fingerprint density at radius 2 is 2.37 bits per heavy atom. The molecule has 0 spiro atoms. The molecule has 2 heterocycles. The van der Waals surface area contributed by atoms with Gasteiger partial charge in [-0.05, 0) is 0 Å². The summed E-state index contributed by atoms with van der Waals surface area (Å²) in [6.45, 7) is 1.29. The molecule has 104 valence electrons. The Hall–Kier alpha value is -1.89. The third-order valence-corrected chi connectivity index (χ3v) is 3.34. The second-order valence-corrected chi connectivity index (χ2v) is 4.51. The van der Waals surface area contributed by atoms with Gasteiger partial charge in [0.2, 0.25) is 11.7 Å². The van der Waals surface area contributed by atoms with Gasteiger partial charge in [-0.1, -0.05) is 0 Å². The first-order valence-corrected chi connectivity index (χ1v) is 6.05. The van der Waals surface area contributed by atoms with Gasteiger partial charge in [-0.2, -0.15) is 0 Å². The molecule has 19 heavy (non-hydrogen) atoms. The van der Waals surface area contributed by atoms with Crippen LogP contribution >= 0.6 is 0 Å². The van der Waals surface area contributed by atoms with Gasteiger partial charge < -0.3 is 19.4 Å². The van der Waals surface area contributed by atoms with E-state index in [2.05, 4.69) is 10.3 Å². The van der Waals surface area contributed by atoms with Crippen molar-refractivity contribution in [1.29, 1.82) is 0 Å². The van der Waals surface area contributed by atoms with Crippen LogP contribution in [0.15, 0.2) is 17.0 Å². The van der Waals surface area contributed by atoms with E-state index in [-0.39, 0.29) is 29.4 Å². The van der Waals surface area contributed by atoms with Crippen molar-refractivity contribution in [3.05, 3.63) is 18.4 Å². The summed E-state index contributed by atoms with van der Waals surface area (Å²) in [7, 11) is 3.18. The number of ether oxygens (including phenoxy) is 1. The molecular weight excluding hydrogens is 250 g/mol. The zero-order valence-corrected chi connectivity index (χ0v) is 11.0. The number of nitrogens with one attached hydrogen (secondary N) is 1. The summed E-state index contributed by atoms with van der Waals surface area (Å²) in [6, 6.07) is 0. The number of aromatic nitrogens is 1. The van der Waals surface area contributed by atoms with Gasteiger partial charge in [0, 0.05) is 33.2 Å². The highest BCUT2D eigenvalue weighted by molar-refractivity contribution is 5.92. The molecule has 2 amide bonds. The standard InChI is InChI=1S/C12H17N3O4/c1-13-11(16)9-5-15(4-8(9)6-18-2)12(17)10-3-14-7-19-10/h3,7-9H,4-6H2,1-2H3,(H,13,16)/t8-,9+/m0/s1. The van der Waals surface area contributed by atoms with Crippen molar-refractivity contribution >= 4 is 11.8 Å². The normalized spacial score (nSPS) is 22.5. The molecule has 1 aromatic heterocycles. The number of carbonyl (C=O) groups is 2. The van der Waals surface area contributed by atoms with E-state index in [1.807, 2.05) is 0 Å². The van der Waals surface area contributed by atoms with Gasteiger partial charge in [0.1, 0.15) is 0 Å². The van der Waals surface area contributed by atoms with Gasteiger partial charge in [-0.3, -0.25) is 9.59 Å². The largest absolute Gasteiger partial charge is 0.438 e. The molecule has 1 saturated heterocycles. The number of nitrogens with zero attached hydrogens (tertiary/aromatic N) is 2. The van der Waals surface area contributed by atoms with Crippen molar-refractivity contribution < 1.29 is 18.7 Å². The highest BCUT2D eigenvalue weighted by atomic mass is 16.5. The Morgan fingerprint density at radius 3 is 2.95 bits per heavy atom. The van der Waals surface area contributed by atoms with Gasteiger partial charge >= 0.3 is 0 Å². The van der Waals surface area contributed by atoms with E-state index in [4.69, 9.17) is 9.15 Å². The van der Waals surface area contributed by atoms with Crippen molar-refractivity contribution in [2.45, 2.75) is 0 Å². The van der Waals surface area contributed by atoms with Gasteiger partial charge in [0.25, 0.3) is 5.91 Å². The van der Waals surface area contributed by atoms with Crippen LogP contribution in [0.3, 0.4) is 0 Å². The minimum Gasteiger partial charge on any atom is -0.438 e. The van der Waals surface area contributed by atoms with E-state index >= 15 is 0 Å². The lowest BCUT2D eigenvalue weighted by Crippen LogP contribution is -2.34. The molecule has 1 fully saturated rings. The predicted octanol–water partition coefficient (Wildman–Crippen LogP) is -0.245. The molecule has 0 aromatic carbocycles. The lowest BCUT2D eigenvalue weighted by atomic mass is 9.96. The Balaban J connectivity index is 2.09. The Morgan fingerprint density at radius 1 is 1.58 bits per heavy atom. The average molecular weight is 267 g/mol. The first kappa shape index (κ1) is 13.5. The van der Waals surface area contributed by atoms with Crippen LogP contribution < -0.4 is 5.32 Å². The fourth-order valence-corrected chi connectivity index (χ4v) is 2.38. The molecule has 7 heteroatoms. The number of likely N-dealkylation sites (tertiary alicyclic amines) is 1. The number of oxazole rings is 1. The van der Waals surface area contributed by atoms with Crippen LogP contribution in [0, 0.1) is 11.8 Å². The summed E-state index contributed by atoms with van der Waals surface area (Å²) in [5.41, 5.74) is 0. The molecule has 0 unspecified atom stereocenters. The number of amides is 2. The molecule has 0 aliphatic carbocycles. The second-order valence-electron chi connectivity index (χ2n) is 4.51. The van der Waals surface area contributed by atoms with Gasteiger partial charge in [0.15, 0.2) is 6.39 Å². The van der Waals surface area contributed by atoms with Crippen LogP contribution in [0.1, 0.15) is 10.6 Å². The fraction of sp³-hybridized carbons (Fsp3) is 0.583. The van der Waals surface area contributed by atoms with Gasteiger partial charge in [0.05, 0.1) is 18.7 Å². The molecule has 1 aliphatic rings. The molecule has 7 nitrogen and oxygen atoms in total.